The third-order valence-electron chi connectivity index (χ3n) is 2.75. The van der Waals surface area contributed by atoms with Crippen molar-refractivity contribution in [2.45, 2.75) is 19.4 Å². The van der Waals surface area contributed by atoms with Crippen molar-refractivity contribution >= 4 is 0 Å². The van der Waals surface area contributed by atoms with Crippen LogP contribution < -0.4 is 4.74 Å². The maximum atomic E-state index is 9.77. The summed E-state index contributed by atoms with van der Waals surface area (Å²) in [6, 6.07) is 5.88. The number of hydrogen-bond donors (Lipinski definition) is 1. The summed E-state index contributed by atoms with van der Waals surface area (Å²) >= 11 is 0. The Morgan fingerprint density at radius 1 is 1.46 bits per heavy atom. The van der Waals surface area contributed by atoms with E-state index in [1.807, 2.05) is 18.2 Å². The lowest BCUT2D eigenvalue weighted by molar-refractivity contribution is 0.133. The summed E-state index contributed by atoms with van der Waals surface area (Å²) in [4.78, 5) is 0. The summed E-state index contributed by atoms with van der Waals surface area (Å²) in [6.45, 7) is 2.07. The molecule has 1 aromatic carbocycles. The quantitative estimate of drug-likeness (QED) is 0.712. The van der Waals surface area contributed by atoms with Gasteiger partial charge in [0, 0.05) is 0 Å². The monoisotopic (exact) mass is 178 g/mol. The van der Waals surface area contributed by atoms with Crippen molar-refractivity contribution in [2.24, 2.45) is 5.92 Å². The lowest BCUT2D eigenvalue weighted by Crippen LogP contribution is -2.00. The van der Waals surface area contributed by atoms with Gasteiger partial charge in [-0.2, -0.15) is 0 Å². The van der Waals surface area contributed by atoms with Gasteiger partial charge in [-0.15, -0.1) is 0 Å². The maximum Gasteiger partial charge on any atom is 0.119 e. The standard InChI is InChI=1S/C11H14O2/c1-7-5-8-6-9(13-2)3-4-10(8)11(7)12/h3-4,6-7,11-12H,5H2,1-2H3. The number of benzene rings is 1. The zero-order valence-corrected chi connectivity index (χ0v) is 7.95. The Morgan fingerprint density at radius 2 is 2.23 bits per heavy atom. The van der Waals surface area contributed by atoms with E-state index in [-0.39, 0.29) is 6.10 Å². The minimum Gasteiger partial charge on any atom is -0.497 e. The van der Waals surface area contributed by atoms with E-state index >= 15 is 0 Å². The van der Waals surface area contributed by atoms with Crippen LogP contribution in [0.1, 0.15) is 24.2 Å². The molecule has 1 aromatic rings. The van der Waals surface area contributed by atoms with Gasteiger partial charge in [0.15, 0.2) is 0 Å². The SMILES string of the molecule is COc1ccc2c(c1)CC(C)C2O. The molecule has 2 nitrogen and oxygen atoms in total. The normalized spacial score (nSPS) is 25.8. The summed E-state index contributed by atoms with van der Waals surface area (Å²) in [5, 5.41) is 9.77. The summed E-state index contributed by atoms with van der Waals surface area (Å²) in [5.41, 5.74) is 2.28. The molecular formula is C11H14O2. The van der Waals surface area contributed by atoms with Gasteiger partial charge >= 0.3 is 0 Å². The molecule has 13 heavy (non-hydrogen) atoms. The van der Waals surface area contributed by atoms with Crippen LogP contribution in [-0.2, 0) is 6.42 Å². The highest BCUT2D eigenvalue weighted by molar-refractivity contribution is 5.40. The van der Waals surface area contributed by atoms with Crippen molar-refractivity contribution in [3.05, 3.63) is 29.3 Å². The van der Waals surface area contributed by atoms with Crippen LogP contribution in [0.3, 0.4) is 0 Å². The second-order valence-electron chi connectivity index (χ2n) is 3.69. The largest absolute Gasteiger partial charge is 0.497 e. The fraction of sp³-hybridized carbons (Fsp3) is 0.455. The second kappa shape index (κ2) is 3.04. The lowest BCUT2D eigenvalue weighted by Gasteiger charge is -2.08. The Morgan fingerprint density at radius 3 is 2.92 bits per heavy atom. The average molecular weight is 178 g/mol. The number of fused-ring (bicyclic) bond motifs is 1. The summed E-state index contributed by atoms with van der Waals surface area (Å²) in [7, 11) is 1.66. The molecule has 1 aliphatic rings. The van der Waals surface area contributed by atoms with E-state index in [0.29, 0.717) is 5.92 Å². The smallest absolute Gasteiger partial charge is 0.119 e. The molecule has 0 heterocycles. The lowest BCUT2D eigenvalue weighted by atomic mass is 10.1. The van der Waals surface area contributed by atoms with Crippen molar-refractivity contribution < 1.29 is 9.84 Å². The zero-order valence-electron chi connectivity index (χ0n) is 7.95. The minimum atomic E-state index is -0.291. The van der Waals surface area contributed by atoms with Gasteiger partial charge in [-0.3, -0.25) is 0 Å². The zero-order chi connectivity index (χ0) is 9.42. The van der Waals surface area contributed by atoms with Crippen LogP contribution in [0, 0.1) is 5.92 Å². The molecule has 0 fully saturated rings. The molecule has 0 saturated heterocycles. The fourth-order valence-electron chi connectivity index (χ4n) is 1.94. The molecule has 0 saturated carbocycles. The van der Waals surface area contributed by atoms with Crippen molar-refractivity contribution in [3.63, 3.8) is 0 Å². The van der Waals surface area contributed by atoms with Crippen LogP contribution >= 0.6 is 0 Å². The molecule has 2 unspecified atom stereocenters. The van der Waals surface area contributed by atoms with Gasteiger partial charge in [0.1, 0.15) is 5.75 Å². The van der Waals surface area contributed by atoms with Gasteiger partial charge < -0.3 is 9.84 Å². The molecule has 0 radical (unpaired) electrons. The number of rotatable bonds is 1. The van der Waals surface area contributed by atoms with Crippen molar-refractivity contribution in [1.29, 1.82) is 0 Å². The van der Waals surface area contributed by atoms with Crippen LogP contribution in [0.5, 0.6) is 5.75 Å². The van der Waals surface area contributed by atoms with Crippen LogP contribution in [0.15, 0.2) is 18.2 Å². The van der Waals surface area contributed by atoms with Crippen LogP contribution in [-0.4, -0.2) is 12.2 Å². The molecule has 0 spiro atoms. The molecule has 1 N–H and O–H groups in total. The molecule has 0 aromatic heterocycles. The number of aliphatic hydroxyl groups excluding tert-OH is 1. The average Bonchev–Trinajstić information content (AvgIpc) is 2.42. The van der Waals surface area contributed by atoms with E-state index < -0.39 is 0 Å². The predicted molar refractivity (Wildman–Crippen MR) is 50.8 cm³/mol. The fourth-order valence-corrected chi connectivity index (χ4v) is 1.94. The van der Waals surface area contributed by atoms with Gasteiger partial charge in [-0.05, 0) is 35.6 Å². The van der Waals surface area contributed by atoms with Crippen LogP contribution in [0.25, 0.3) is 0 Å². The first-order valence-corrected chi connectivity index (χ1v) is 4.57. The Labute approximate surface area is 78.2 Å². The first kappa shape index (κ1) is 8.57. The number of hydrogen-bond acceptors (Lipinski definition) is 2. The molecule has 1 aliphatic carbocycles. The highest BCUT2D eigenvalue weighted by atomic mass is 16.5. The highest BCUT2D eigenvalue weighted by Gasteiger charge is 2.27. The first-order valence-electron chi connectivity index (χ1n) is 4.57. The van der Waals surface area contributed by atoms with Gasteiger partial charge in [0.25, 0.3) is 0 Å². The Hall–Kier alpha value is -1.02. The van der Waals surface area contributed by atoms with Crippen LogP contribution in [0.2, 0.25) is 0 Å². The summed E-state index contributed by atoms with van der Waals surface area (Å²) in [6.07, 6.45) is 0.661. The second-order valence-corrected chi connectivity index (χ2v) is 3.69. The summed E-state index contributed by atoms with van der Waals surface area (Å²) in [5.74, 6) is 1.21. The topological polar surface area (TPSA) is 29.5 Å². The van der Waals surface area contributed by atoms with E-state index in [0.717, 1.165) is 17.7 Å². The van der Waals surface area contributed by atoms with E-state index in [1.165, 1.54) is 5.56 Å². The van der Waals surface area contributed by atoms with E-state index in [9.17, 15) is 5.11 Å². The van der Waals surface area contributed by atoms with Crippen molar-refractivity contribution in [3.8, 4) is 5.75 Å². The van der Waals surface area contributed by atoms with Gasteiger partial charge in [-0.25, -0.2) is 0 Å². The number of ether oxygens (including phenoxy) is 1. The highest BCUT2D eigenvalue weighted by Crippen LogP contribution is 2.37. The maximum absolute atomic E-state index is 9.77. The Bertz CT molecular complexity index is 320. The molecule has 0 amide bonds. The first-order chi connectivity index (χ1) is 6.22. The summed E-state index contributed by atoms with van der Waals surface area (Å²) < 4.78 is 5.13. The van der Waals surface area contributed by atoms with Crippen molar-refractivity contribution in [1.82, 2.24) is 0 Å². The van der Waals surface area contributed by atoms with Gasteiger partial charge in [-0.1, -0.05) is 13.0 Å². The van der Waals surface area contributed by atoms with Gasteiger partial charge in [0.2, 0.25) is 0 Å². The van der Waals surface area contributed by atoms with Crippen molar-refractivity contribution in [2.75, 3.05) is 7.11 Å². The van der Waals surface area contributed by atoms with Crippen LogP contribution in [0.4, 0.5) is 0 Å². The number of aliphatic hydroxyl groups is 1. The molecule has 0 aliphatic heterocycles. The molecule has 70 valence electrons. The predicted octanol–water partition coefficient (Wildman–Crippen LogP) is 1.92. The molecule has 0 bridgehead atoms. The van der Waals surface area contributed by atoms with E-state index in [4.69, 9.17) is 4.74 Å². The Kier molecular flexibility index (Phi) is 2.00. The molecule has 2 rings (SSSR count). The van der Waals surface area contributed by atoms with Gasteiger partial charge in [0.05, 0.1) is 13.2 Å². The third-order valence-corrected chi connectivity index (χ3v) is 2.75. The Balaban J connectivity index is 2.40. The third kappa shape index (κ3) is 1.31. The molecule has 2 atom stereocenters. The number of methoxy groups -OCH3 is 1. The molecule has 2 heteroatoms. The molecular weight excluding hydrogens is 164 g/mol. The van der Waals surface area contributed by atoms with E-state index in [1.54, 1.807) is 7.11 Å². The van der Waals surface area contributed by atoms with E-state index in [2.05, 4.69) is 6.92 Å². The minimum absolute atomic E-state index is 0.291.